The van der Waals surface area contributed by atoms with Crippen molar-refractivity contribution in [2.75, 3.05) is 18.4 Å². The zero-order valence-corrected chi connectivity index (χ0v) is 9.37. The fourth-order valence-electron chi connectivity index (χ4n) is 1.25. The Hall–Kier alpha value is -2.09. The molecule has 1 aromatic heterocycles. The Morgan fingerprint density at radius 1 is 1.50 bits per heavy atom. The Balaban J connectivity index is 2.51. The third kappa shape index (κ3) is 3.96. The van der Waals surface area contributed by atoms with Crippen LogP contribution < -0.4 is 10.6 Å². The van der Waals surface area contributed by atoms with Gasteiger partial charge in [0, 0.05) is 25.7 Å². The maximum atomic E-state index is 10.6. The fraction of sp³-hybridized carbons (Fsp3) is 0.364. The molecule has 0 radical (unpaired) electrons. The van der Waals surface area contributed by atoms with Gasteiger partial charge in [-0.2, -0.15) is 5.26 Å². The third-order valence-corrected chi connectivity index (χ3v) is 1.89. The maximum absolute atomic E-state index is 10.6. The summed E-state index contributed by atoms with van der Waals surface area (Å²) in [4.78, 5) is 14.8. The standard InChI is InChI=1S/C11H14N4O/c1-8-5-10(7-12)6-11(15-8)14-4-3-13-9(2)16/h5-6H,3-4H2,1-2H3,(H,13,16)(H,14,15). The molecule has 0 saturated carbocycles. The van der Waals surface area contributed by atoms with Crippen molar-refractivity contribution >= 4 is 11.7 Å². The lowest BCUT2D eigenvalue weighted by molar-refractivity contribution is -0.118. The van der Waals surface area contributed by atoms with Gasteiger partial charge < -0.3 is 10.6 Å². The van der Waals surface area contributed by atoms with Gasteiger partial charge in [-0.05, 0) is 19.1 Å². The summed E-state index contributed by atoms with van der Waals surface area (Å²) >= 11 is 0. The summed E-state index contributed by atoms with van der Waals surface area (Å²) in [6.07, 6.45) is 0. The third-order valence-electron chi connectivity index (χ3n) is 1.89. The SMILES string of the molecule is CC(=O)NCCNc1cc(C#N)cc(C)n1. The van der Waals surface area contributed by atoms with Crippen LogP contribution in [0.25, 0.3) is 0 Å². The summed E-state index contributed by atoms with van der Waals surface area (Å²) in [6.45, 7) is 4.42. The molecule has 0 bridgehead atoms. The number of amides is 1. The van der Waals surface area contributed by atoms with E-state index in [1.807, 2.05) is 6.92 Å². The molecule has 0 aromatic carbocycles. The zero-order valence-electron chi connectivity index (χ0n) is 9.37. The van der Waals surface area contributed by atoms with Gasteiger partial charge in [-0.1, -0.05) is 0 Å². The molecule has 2 N–H and O–H groups in total. The number of anilines is 1. The van der Waals surface area contributed by atoms with Crippen LogP contribution in [0.15, 0.2) is 12.1 Å². The molecule has 84 valence electrons. The van der Waals surface area contributed by atoms with E-state index in [0.29, 0.717) is 24.5 Å². The predicted molar refractivity (Wildman–Crippen MR) is 60.9 cm³/mol. The second kappa shape index (κ2) is 5.71. The summed E-state index contributed by atoms with van der Waals surface area (Å²) in [7, 11) is 0. The fourth-order valence-corrected chi connectivity index (χ4v) is 1.25. The lowest BCUT2D eigenvalue weighted by Crippen LogP contribution is -2.26. The van der Waals surface area contributed by atoms with Crippen molar-refractivity contribution in [1.29, 1.82) is 5.26 Å². The van der Waals surface area contributed by atoms with Crippen molar-refractivity contribution < 1.29 is 4.79 Å². The molecule has 16 heavy (non-hydrogen) atoms. The molecule has 1 heterocycles. The first-order chi connectivity index (χ1) is 7.61. The molecule has 0 atom stereocenters. The predicted octanol–water partition coefficient (Wildman–Crippen LogP) is 0.810. The topological polar surface area (TPSA) is 77.8 Å². The first-order valence-electron chi connectivity index (χ1n) is 4.99. The molecule has 0 aliphatic heterocycles. The second-order valence-corrected chi connectivity index (χ2v) is 3.40. The van der Waals surface area contributed by atoms with E-state index < -0.39 is 0 Å². The first-order valence-corrected chi connectivity index (χ1v) is 4.99. The van der Waals surface area contributed by atoms with Crippen LogP contribution in [-0.4, -0.2) is 24.0 Å². The van der Waals surface area contributed by atoms with Crippen LogP contribution in [-0.2, 0) is 4.79 Å². The molecule has 1 rings (SSSR count). The molecule has 0 saturated heterocycles. The van der Waals surface area contributed by atoms with Gasteiger partial charge in [-0.25, -0.2) is 4.98 Å². The summed E-state index contributed by atoms with van der Waals surface area (Å²) in [5.74, 6) is 0.596. The van der Waals surface area contributed by atoms with Gasteiger partial charge in [0.1, 0.15) is 5.82 Å². The number of rotatable bonds is 4. The number of carbonyl (C=O) groups excluding carboxylic acids is 1. The van der Waals surface area contributed by atoms with Crippen molar-refractivity contribution in [2.45, 2.75) is 13.8 Å². The minimum absolute atomic E-state index is 0.0586. The number of nitriles is 1. The summed E-state index contributed by atoms with van der Waals surface area (Å²) in [5.41, 5.74) is 1.37. The Kier molecular flexibility index (Phi) is 4.28. The molecule has 1 amide bonds. The van der Waals surface area contributed by atoms with Crippen LogP contribution in [0.3, 0.4) is 0 Å². The van der Waals surface area contributed by atoms with Gasteiger partial charge in [0.2, 0.25) is 5.91 Å². The molecule has 0 aliphatic rings. The summed E-state index contributed by atoms with van der Waals surface area (Å²) in [5, 5.41) is 14.5. The second-order valence-electron chi connectivity index (χ2n) is 3.40. The average molecular weight is 218 g/mol. The van der Waals surface area contributed by atoms with E-state index in [2.05, 4.69) is 21.7 Å². The lowest BCUT2D eigenvalue weighted by Gasteiger charge is -2.07. The molecule has 0 aliphatic carbocycles. The average Bonchev–Trinajstić information content (AvgIpc) is 2.23. The van der Waals surface area contributed by atoms with Gasteiger partial charge in [0.25, 0.3) is 0 Å². The number of carbonyl (C=O) groups is 1. The van der Waals surface area contributed by atoms with Crippen LogP contribution in [0.1, 0.15) is 18.2 Å². The number of nitrogens with zero attached hydrogens (tertiary/aromatic N) is 2. The number of hydrogen-bond acceptors (Lipinski definition) is 4. The maximum Gasteiger partial charge on any atom is 0.216 e. The number of pyridine rings is 1. The minimum atomic E-state index is -0.0586. The molecule has 0 fully saturated rings. The van der Waals surface area contributed by atoms with E-state index in [9.17, 15) is 4.79 Å². The summed E-state index contributed by atoms with van der Waals surface area (Å²) < 4.78 is 0. The highest BCUT2D eigenvalue weighted by atomic mass is 16.1. The molecule has 0 spiro atoms. The van der Waals surface area contributed by atoms with E-state index in [4.69, 9.17) is 5.26 Å². The Labute approximate surface area is 94.5 Å². The van der Waals surface area contributed by atoms with Crippen molar-refractivity contribution in [1.82, 2.24) is 10.3 Å². The normalized spacial score (nSPS) is 9.31. The van der Waals surface area contributed by atoms with E-state index in [0.717, 1.165) is 5.69 Å². The largest absolute Gasteiger partial charge is 0.368 e. The molecular formula is C11H14N4O. The van der Waals surface area contributed by atoms with E-state index in [-0.39, 0.29) is 5.91 Å². The van der Waals surface area contributed by atoms with Crippen molar-refractivity contribution in [3.63, 3.8) is 0 Å². The lowest BCUT2D eigenvalue weighted by atomic mass is 10.2. The van der Waals surface area contributed by atoms with Crippen molar-refractivity contribution in [2.24, 2.45) is 0 Å². The zero-order chi connectivity index (χ0) is 12.0. The molecule has 5 heteroatoms. The van der Waals surface area contributed by atoms with Crippen LogP contribution in [0.2, 0.25) is 0 Å². The van der Waals surface area contributed by atoms with Gasteiger partial charge in [0.05, 0.1) is 11.6 Å². The van der Waals surface area contributed by atoms with Crippen molar-refractivity contribution in [3.05, 3.63) is 23.4 Å². The highest BCUT2D eigenvalue weighted by molar-refractivity contribution is 5.72. The number of hydrogen-bond donors (Lipinski definition) is 2. The van der Waals surface area contributed by atoms with Crippen LogP contribution in [0, 0.1) is 18.3 Å². The van der Waals surface area contributed by atoms with Gasteiger partial charge in [-0.15, -0.1) is 0 Å². The van der Waals surface area contributed by atoms with Crippen LogP contribution in [0.4, 0.5) is 5.82 Å². The number of nitrogens with one attached hydrogen (secondary N) is 2. The first kappa shape index (κ1) is 12.0. The summed E-state index contributed by atoms with van der Waals surface area (Å²) in [6, 6.07) is 5.47. The van der Waals surface area contributed by atoms with E-state index in [1.165, 1.54) is 6.92 Å². The quantitative estimate of drug-likeness (QED) is 0.733. The Bertz CT molecular complexity index is 422. The molecule has 1 aromatic rings. The van der Waals surface area contributed by atoms with Crippen LogP contribution >= 0.6 is 0 Å². The molecule has 0 unspecified atom stereocenters. The van der Waals surface area contributed by atoms with Crippen molar-refractivity contribution in [3.8, 4) is 6.07 Å². The van der Waals surface area contributed by atoms with Gasteiger partial charge >= 0.3 is 0 Å². The molecule has 5 nitrogen and oxygen atoms in total. The van der Waals surface area contributed by atoms with E-state index in [1.54, 1.807) is 12.1 Å². The Morgan fingerprint density at radius 2 is 2.25 bits per heavy atom. The van der Waals surface area contributed by atoms with Gasteiger partial charge in [0.15, 0.2) is 0 Å². The Morgan fingerprint density at radius 3 is 2.88 bits per heavy atom. The highest BCUT2D eigenvalue weighted by Crippen LogP contribution is 2.08. The van der Waals surface area contributed by atoms with Crippen LogP contribution in [0.5, 0.6) is 0 Å². The minimum Gasteiger partial charge on any atom is -0.368 e. The van der Waals surface area contributed by atoms with Gasteiger partial charge in [-0.3, -0.25) is 4.79 Å². The highest BCUT2D eigenvalue weighted by Gasteiger charge is 1.99. The molecular weight excluding hydrogens is 204 g/mol. The van der Waals surface area contributed by atoms with E-state index >= 15 is 0 Å². The monoisotopic (exact) mass is 218 g/mol. The smallest absolute Gasteiger partial charge is 0.216 e. The number of aryl methyl sites for hydroxylation is 1. The number of aromatic nitrogens is 1.